The van der Waals surface area contributed by atoms with Gasteiger partial charge in [-0.15, -0.1) is 0 Å². The van der Waals surface area contributed by atoms with Crippen molar-refractivity contribution >= 4 is 10.9 Å². The smallest absolute Gasteiger partial charge is 0.137 e. The summed E-state index contributed by atoms with van der Waals surface area (Å²) >= 11 is 0. The molecular weight excluding hydrogens is 240 g/mol. The molecule has 3 aromatic rings. The van der Waals surface area contributed by atoms with Gasteiger partial charge in [0.25, 0.3) is 0 Å². The van der Waals surface area contributed by atoms with Crippen molar-refractivity contribution in [2.45, 2.75) is 12.8 Å². The largest absolute Gasteiger partial charge is 0.396 e. The number of hydrogen-bond acceptors (Lipinski definition) is 4. The van der Waals surface area contributed by atoms with Gasteiger partial charge in [-0.25, -0.2) is 0 Å². The van der Waals surface area contributed by atoms with Crippen LogP contribution in [0.1, 0.15) is 12.2 Å². The van der Waals surface area contributed by atoms with E-state index in [0.717, 1.165) is 27.9 Å². The topological polar surface area (TPSA) is 59.2 Å². The maximum Gasteiger partial charge on any atom is 0.137 e. The van der Waals surface area contributed by atoms with Crippen LogP contribution in [0.3, 0.4) is 0 Å². The number of pyridine rings is 1. The van der Waals surface area contributed by atoms with Crippen molar-refractivity contribution in [3.8, 4) is 11.3 Å². The molecule has 2 heterocycles. The van der Waals surface area contributed by atoms with Crippen molar-refractivity contribution in [1.29, 1.82) is 0 Å². The number of aliphatic hydroxyl groups is 1. The zero-order valence-corrected chi connectivity index (χ0v) is 10.4. The van der Waals surface area contributed by atoms with Crippen LogP contribution in [-0.2, 0) is 6.42 Å². The maximum atomic E-state index is 8.80. The van der Waals surface area contributed by atoms with E-state index < -0.39 is 0 Å². The van der Waals surface area contributed by atoms with Gasteiger partial charge in [-0.2, -0.15) is 0 Å². The molecule has 0 radical (unpaired) electrons. The molecule has 0 saturated carbocycles. The van der Waals surface area contributed by atoms with Crippen LogP contribution in [0.5, 0.6) is 0 Å². The normalized spacial score (nSPS) is 11.0. The van der Waals surface area contributed by atoms with Crippen LogP contribution in [0.25, 0.3) is 22.2 Å². The van der Waals surface area contributed by atoms with Crippen LogP contribution in [0, 0.1) is 0 Å². The highest BCUT2D eigenvalue weighted by molar-refractivity contribution is 5.83. The molecule has 4 nitrogen and oxygen atoms in total. The molecule has 2 aromatic heterocycles. The Kier molecular flexibility index (Phi) is 3.25. The molecule has 0 atom stereocenters. The van der Waals surface area contributed by atoms with Gasteiger partial charge in [-0.05, 0) is 24.6 Å². The van der Waals surface area contributed by atoms with Crippen LogP contribution >= 0.6 is 0 Å². The molecule has 4 heteroatoms. The van der Waals surface area contributed by atoms with Gasteiger partial charge in [0.2, 0.25) is 0 Å². The lowest BCUT2D eigenvalue weighted by molar-refractivity contribution is 0.280. The van der Waals surface area contributed by atoms with Gasteiger partial charge >= 0.3 is 0 Å². The molecule has 0 aliphatic rings. The number of nitrogens with zero attached hydrogens (tertiary/aromatic N) is 2. The second-order valence-corrected chi connectivity index (χ2v) is 4.42. The molecule has 0 bridgehead atoms. The van der Waals surface area contributed by atoms with E-state index >= 15 is 0 Å². The quantitative estimate of drug-likeness (QED) is 0.777. The number of hydrogen-bond donors (Lipinski definition) is 1. The van der Waals surface area contributed by atoms with E-state index in [2.05, 4.69) is 16.2 Å². The molecule has 0 fully saturated rings. The first kappa shape index (κ1) is 11.9. The van der Waals surface area contributed by atoms with E-state index in [9.17, 15) is 0 Å². The first-order chi connectivity index (χ1) is 9.36. The zero-order valence-electron chi connectivity index (χ0n) is 10.4. The van der Waals surface area contributed by atoms with Gasteiger partial charge in [-0.3, -0.25) is 4.98 Å². The van der Waals surface area contributed by atoms with Gasteiger partial charge in [-0.1, -0.05) is 17.3 Å². The predicted molar refractivity (Wildman–Crippen MR) is 72.6 cm³/mol. The maximum absolute atomic E-state index is 8.80. The Bertz CT molecular complexity index is 691. The van der Waals surface area contributed by atoms with E-state index in [-0.39, 0.29) is 6.61 Å². The summed E-state index contributed by atoms with van der Waals surface area (Å²) < 4.78 is 5.26. The van der Waals surface area contributed by atoms with E-state index in [1.165, 1.54) is 0 Å². The third kappa shape index (κ3) is 2.48. The molecule has 1 aromatic carbocycles. The van der Waals surface area contributed by atoms with Crippen LogP contribution in [0.4, 0.5) is 0 Å². The van der Waals surface area contributed by atoms with Gasteiger partial charge < -0.3 is 9.63 Å². The highest BCUT2D eigenvalue weighted by Crippen LogP contribution is 2.23. The molecule has 19 heavy (non-hydrogen) atoms. The zero-order chi connectivity index (χ0) is 13.1. The molecule has 0 saturated heterocycles. The Morgan fingerprint density at radius 3 is 3.00 bits per heavy atom. The average Bonchev–Trinajstić information content (AvgIpc) is 2.93. The summed E-state index contributed by atoms with van der Waals surface area (Å²) in [5.74, 6) is 0.801. The summed E-state index contributed by atoms with van der Waals surface area (Å²) in [4.78, 5) is 4.29. The second-order valence-electron chi connectivity index (χ2n) is 4.42. The van der Waals surface area contributed by atoms with E-state index in [4.69, 9.17) is 9.63 Å². The lowest BCUT2D eigenvalue weighted by Crippen LogP contribution is -1.86. The summed E-state index contributed by atoms with van der Waals surface area (Å²) in [5, 5.41) is 14.0. The fourth-order valence-corrected chi connectivity index (χ4v) is 2.06. The molecule has 0 spiro atoms. The lowest BCUT2D eigenvalue weighted by Gasteiger charge is -1.99. The SMILES string of the molecule is OCCCc1cc(-c2ccc3ncccc3c2)no1. The Hall–Kier alpha value is -2.20. The highest BCUT2D eigenvalue weighted by Gasteiger charge is 2.07. The van der Waals surface area contributed by atoms with Crippen molar-refractivity contribution in [2.75, 3.05) is 6.61 Å². The van der Waals surface area contributed by atoms with Gasteiger partial charge in [0.05, 0.1) is 5.52 Å². The Labute approximate surface area is 110 Å². The molecule has 1 N–H and O–H groups in total. The van der Waals surface area contributed by atoms with Crippen molar-refractivity contribution in [3.05, 3.63) is 48.4 Å². The summed E-state index contributed by atoms with van der Waals surface area (Å²) in [5.41, 5.74) is 2.80. The van der Waals surface area contributed by atoms with Crippen LogP contribution in [0.2, 0.25) is 0 Å². The van der Waals surface area contributed by atoms with E-state index in [1.54, 1.807) is 6.20 Å². The van der Waals surface area contributed by atoms with Gasteiger partial charge in [0, 0.05) is 36.2 Å². The third-order valence-corrected chi connectivity index (χ3v) is 3.04. The summed E-state index contributed by atoms with van der Waals surface area (Å²) in [7, 11) is 0. The standard InChI is InChI=1S/C15H14N2O2/c18-8-2-4-13-10-15(17-19-13)12-5-6-14-11(9-12)3-1-7-16-14/h1,3,5-7,9-10,18H,2,4,8H2. The summed E-state index contributed by atoms with van der Waals surface area (Å²) in [6, 6.07) is 11.9. The number of aliphatic hydroxyl groups excluding tert-OH is 1. The number of aromatic nitrogens is 2. The molecule has 0 aliphatic heterocycles. The first-order valence-corrected chi connectivity index (χ1v) is 6.28. The average molecular weight is 254 g/mol. The van der Waals surface area contributed by atoms with E-state index in [0.29, 0.717) is 12.8 Å². The third-order valence-electron chi connectivity index (χ3n) is 3.04. The molecule has 0 unspecified atom stereocenters. The molecular formula is C15H14N2O2. The summed E-state index contributed by atoms with van der Waals surface area (Å²) in [6.45, 7) is 0.164. The number of rotatable bonds is 4. The van der Waals surface area contributed by atoms with Gasteiger partial charge in [0.1, 0.15) is 11.5 Å². The minimum atomic E-state index is 0.164. The fourth-order valence-electron chi connectivity index (χ4n) is 2.06. The molecule has 0 amide bonds. The number of benzene rings is 1. The van der Waals surface area contributed by atoms with Crippen molar-refractivity contribution in [1.82, 2.24) is 10.1 Å². The number of fused-ring (bicyclic) bond motifs is 1. The summed E-state index contributed by atoms with van der Waals surface area (Å²) in [6.07, 6.45) is 3.18. The lowest BCUT2D eigenvalue weighted by atomic mass is 10.1. The second kappa shape index (κ2) is 5.20. The van der Waals surface area contributed by atoms with Crippen LogP contribution < -0.4 is 0 Å². The fraction of sp³-hybridized carbons (Fsp3) is 0.200. The van der Waals surface area contributed by atoms with Crippen molar-refractivity contribution < 1.29 is 9.63 Å². The van der Waals surface area contributed by atoms with Gasteiger partial charge in [0.15, 0.2) is 0 Å². The van der Waals surface area contributed by atoms with Crippen molar-refractivity contribution in [3.63, 3.8) is 0 Å². The highest BCUT2D eigenvalue weighted by atomic mass is 16.5. The van der Waals surface area contributed by atoms with E-state index in [1.807, 2.05) is 30.3 Å². The van der Waals surface area contributed by atoms with Crippen LogP contribution in [0.15, 0.2) is 47.1 Å². The number of aryl methyl sites for hydroxylation is 1. The Morgan fingerprint density at radius 2 is 2.11 bits per heavy atom. The monoisotopic (exact) mass is 254 g/mol. The Morgan fingerprint density at radius 1 is 1.16 bits per heavy atom. The minimum absolute atomic E-state index is 0.164. The predicted octanol–water partition coefficient (Wildman–Crippen LogP) is 2.81. The van der Waals surface area contributed by atoms with Crippen molar-refractivity contribution in [2.24, 2.45) is 0 Å². The Balaban J connectivity index is 1.92. The first-order valence-electron chi connectivity index (χ1n) is 6.28. The van der Waals surface area contributed by atoms with Crippen LogP contribution in [-0.4, -0.2) is 21.9 Å². The molecule has 3 rings (SSSR count). The minimum Gasteiger partial charge on any atom is -0.396 e. The molecule has 0 aliphatic carbocycles. The molecule has 96 valence electrons.